The number of nitrogens with zero attached hydrogens (tertiary/aromatic N) is 1. The van der Waals surface area contributed by atoms with Crippen LogP contribution in [0, 0.1) is 0 Å². The maximum atomic E-state index is 12.2. The van der Waals surface area contributed by atoms with Gasteiger partial charge in [-0.15, -0.1) is 0 Å². The van der Waals surface area contributed by atoms with E-state index in [9.17, 15) is 19.5 Å². The molecule has 0 unspecified atom stereocenters. The van der Waals surface area contributed by atoms with Crippen LogP contribution in [0.1, 0.15) is 24.8 Å². The molecule has 8 nitrogen and oxygen atoms in total. The van der Waals surface area contributed by atoms with Crippen LogP contribution in [0.4, 0.5) is 0 Å². The van der Waals surface area contributed by atoms with E-state index in [-0.39, 0.29) is 32.2 Å². The number of H-pyrrole nitrogens is 1. The summed E-state index contributed by atoms with van der Waals surface area (Å²) < 4.78 is 0. The van der Waals surface area contributed by atoms with Crippen molar-refractivity contribution in [3.8, 4) is 0 Å². The van der Waals surface area contributed by atoms with E-state index in [2.05, 4.69) is 4.98 Å². The molecule has 1 heterocycles. The monoisotopic (exact) mass is 362 g/mol. The number of fused-ring (bicyclic) bond motifs is 1. The number of carbonyl (C=O) groups is 3. The van der Waals surface area contributed by atoms with Gasteiger partial charge in [-0.3, -0.25) is 19.3 Å². The Balaban J connectivity index is 2.41. The highest BCUT2D eigenvalue weighted by Crippen LogP contribution is 2.30. The average molecular weight is 362 g/mol. The van der Waals surface area contributed by atoms with Gasteiger partial charge >= 0.3 is 17.9 Å². The second kappa shape index (κ2) is 8.01. The quantitative estimate of drug-likeness (QED) is 0.507. The van der Waals surface area contributed by atoms with Crippen molar-refractivity contribution in [1.82, 2.24) is 9.88 Å². The number of carboxylic acid groups (broad SMARTS) is 3. The number of hydrogen-bond acceptors (Lipinski definition) is 4. The molecule has 140 valence electrons. The lowest BCUT2D eigenvalue weighted by molar-refractivity contribution is -0.153. The predicted molar refractivity (Wildman–Crippen MR) is 94.1 cm³/mol. The molecule has 0 aliphatic heterocycles. The van der Waals surface area contributed by atoms with Gasteiger partial charge < -0.3 is 20.3 Å². The van der Waals surface area contributed by atoms with Crippen molar-refractivity contribution in [3.63, 3.8) is 0 Å². The lowest BCUT2D eigenvalue weighted by atomic mass is 9.84. The van der Waals surface area contributed by atoms with E-state index in [0.29, 0.717) is 0 Å². The summed E-state index contributed by atoms with van der Waals surface area (Å²) in [5.41, 5.74) is 0.0856. The van der Waals surface area contributed by atoms with Crippen molar-refractivity contribution in [2.45, 2.75) is 31.2 Å². The second-order valence-electron chi connectivity index (χ2n) is 6.33. The Morgan fingerprint density at radius 3 is 2.35 bits per heavy atom. The summed E-state index contributed by atoms with van der Waals surface area (Å²) in [6.45, 7) is 0.00358. The fourth-order valence-electron chi connectivity index (χ4n) is 3.14. The largest absolute Gasteiger partial charge is 0.481 e. The van der Waals surface area contributed by atoms with Crippen LogP contribution < -0.4 is 0 Å². The number of likely N-dealkylation sites (N-methyl/N-ethyl adjacent to an activating group) is 1. The fourth-order valence-corrected chi connectivity index (χ4v) is 3.14. The summed E-state index contributed by atoms with van der Waals surface area (Å²) in [7, 11) is 1.52. The van der Waals surface area contributed by atoms with Crippen LogP contribution in [0.5, 0.6) is 0 Å². The van der Waals surface area contributed by atoms with Gasteiger partial charge in [0, 0.05) is 36.5 Å². The van der Waals surface area contributed by atoms with E-state index in [1.54, 1.807) is 6.20 Å². The zero-order valence-corrected chi connectivity index (χ0v) is 14.4. The molecule has 0 saturated heterocycles. The van der Waals surface area contributed by atoms with Gasteiger partial charge in [-0.1, -0.05) is 18.2 Å². The third-order valence-electron chi connectivity index (χ3n) is 4.70. The number of aliphatic carboxylic acids is 3. The third-order valence-corrected chi connectivity index (χ3v) is 4.70. The number of aromatic amines is 1. The molecule has 0 saturated carbocycles. The molecule has 0 bridgehead atoms. The van der Waals surface area contributed by atoms with Crippen molar-refractivity contribution < 1.29 is 29.7 Å². The highest BCUT2D eigenvalue weighted by Gasteiger charge is 2.43. The first-order valence-corrected chi connectivity index (χ1v) is 8.19. The fraction of sp³-hybridized carbons (Fsp3) is 0.389. The molecule has 4 N–H and O–H groups in total. The van der Waals surface area contributed by atoms with Crippen molar-refractivity contribution in [1.29, 1.82) is 0 Å². The minimum atomic E-state index is -1.52. The summed E-state index contributed by atoms with van der Waals surface area (Å²) in [4.78, 5) is 38.7. The topological polar surface area (TPSA) is 131 Å². The van der Waals surface area contributed by atoms with Crippen LogP contribution in [-0.4, -0.2) is 62.2 Å². The molecule has 0 radical (unpaired) electrons. The molecule has 1 atom stereocenters. The van der Waals surface area contributed by atoms with Crippen molar-refractivity contribution in [2.75, 3.05) is 13.6 Å². The van der Waals surface area contributed by atoms with Crippen molar-refractivity contribution in [2.24, 2.45) is 0 Å². The summed E-state index contributed by atoms with van der Waals surface area (Å²) >= 11 is 0. The molecule has 0 amide bonds. The zero-order valence-electron chi connectivity index (χ0n) is 14.4. The standard InChI is InChI=1S/C18H22N2O6/c1-20(9-7-16(23)24)18(17(25)26,8-6-15(21)22)10-12-11-19-14-5-3-2-4-13(12)14/h2-5,11,19H,6-10H2,1H3,(H,21,22)(H,23,24)(H,25,26)/t18-/m0/s1. The Labute approximate surface area is 150 Å². The van der Waals surface area contributed by atoms with Crippen molar-refractivity contribution >= 4 is 28.8 Å². The summed E-state index contributed by atoms with van der Waals surface area (Å²) in [5, 5.41) is 28.8. The summed E-state index contributed by atoms with van der Waals surface area (Å²) in [6.07, 6.45) is 1.09. The van der Waals surface area contributed by atoms with Gasteiger partial charge in [-0.05, 0) is 25.1 Å². The van der Waals surface area contributed by atoms with Gasteiger partial charge in [0.15, 0.2) is 0 Å². The van der Waals surface area contributed by atoms with Gasteiger partial charge in [0.2, 0.25) is 0 Å². The van der Waals surface area contributed by atoms with Crippen LogP contribution in [0.2, 0.25) is 0 Å². The summed E-state index contributed by atoms with van der Waals surface area (Å²) in [5.74, 6) is -3.31. The summed E-state index contributed by atoms with van der Waals surface area (Å²) in [6, 6.07) is 7.43. The molecule has 0 aliphatic rings. The van der Waals surface area contributed by atoms with Crippen LogP contribution in [0.25, 0.3) is 10.9 Å². The Hall–Kier alpha value is -2.87. The Morgan fingerprint density at radius 2 is 1.73 bits per heavy atom. The van der Waals surface area contributed by atoms with E-state index in [4.69, 9.17) is 10.2 Å². The number of nitrogens with one attached hydrogen (secondary N) is 1. The van der Waals surface area contributed by atoms with Gasteiger partial charge in [-0.2, -0.15) is 0 Å². The second-order valence-corrected chi connectivity index (χ2v) is 6.33. The molecule has 26 heavy (non-hydrogen) atoms. The van der Waals surface area contributed by atoms with Gasteiger partial charge in [0.1, 0.15) is 5.54 Å². The first kappa shape index (κ1) is 19.5. The van der Waals surface area contributed by atoms with Crippen LogP contribution in [-0.2, 0) is 20.8 Å². The highest BCUT2D eigenvalue weighted by molar-refractivity contribution is 5.86. The van der Waals surface area contributed by atoms with Gasteiger partial charge in [-0.25, -0.2) is 0 Å². The molecular weight excluding hydrogens is 340 g/mol. The Morgan fingerprint density at radius 1 is 1.08 bits per heavy atom. The van der Waals surface area contributed by atoms with E-state index >= 15 is 0 Å². The molecule has 1 aromatic carbocycles. The first-order valence-electron chi connectivity index (χ1n) is 8.19. The minimum Gasteiger partial charge on any atom is -0.481 e. The Kier molecular flexibility index (Phi) is 5.99. The van der Waals surface area contributed by atoms with Gasteiger partial charge in [0.05, 0.1) is 6.42 Å². The molecular formula is C18H22N2O6. The molecule has 0 aliphatic carbocycles. The molecule has 8 heteroatoms. The number of para-hydroxylation sites is 1. The number of rotatable bonds is 10. The first-order chi connectivity index (χ1) is 12.3. The predicted octanol–water partition coefficient (Wildman–Crippen LogP) is 1.81. The Bertz CT molecular complexity index is 815. The van der Waals surface area contributed by atoms with Crippen molar-refractivity contribution in [3.05, 3.63) is 36.0 Å². The van der Waals surface area contributed by atoms with E-state index in [1.807, 2.05) is 24.3 Å². The number of aromatic nitrogens is 1. The van der Waals surface area contributed by atoms with E-state index in [1.165, 1.54) is 11.9 Å². The van der Waals surface area contributed by atoms with Crippen LogP contribution >= 0.6 is 0 Å². The average Bonchev–Trinajstić information content (AvgIpc) is 2.99. The minimum absolute atomic E-state index is 0.00358. The smallest absolute Gasteiger partial charge is 0.324 e. The van der Waals surface area contributed by atoms with E-state index < -0.39 is 23.4 Å². The molecule has 0 fully saturated rings. The molecule has 1 aromatic heterocycles. The van der Waals surface area contributed by atoms with Crippen LogP contribution in [0.3, 0.4) is 0 Å². The SMILES string of the molecule is CN(CCC(=O)O)[C@@](CCC(=O)O)(Cc1c[nH]c2ccccc12)C(=O)O. The number of carboxylic acids is 3. The van der Waals surface area contributed by atoms with Gasteiger partial charge in [0.25, 0.3) is 0 Å². The molecule has 2 aromatic rings. The van der Waals surface area contributed by atoms with Crippen LogP contribution in [0.15, 0.2) is 30.5 Å². The highest BCUT2D eigenvalue weighted by atomic mass is 16.4. The third kappa shape index (κ3) is 4.20. The number of hydrogen-bond donors (Lipinski definition) is 4. The maximum Gasteiger partial charge on any atom is 0.324 e. The normalized spacial score (nSPS) is 13.6. The number of benzene rings is 1. The van der Waals surface area contributed by atoms with E-state index in [0.717, 1.165) is 16.5 Å². The lowest BCUT2D eigenvalue weighted by Gasteiger charge is -2.38. The molecule has 2 rings (SSSR count). The lowest BCUT2D eigenvalue weighted by Crippen LogP contribution is -2.55. The molecule has 0 spiro atoms. The zero-order chi connectivity index (χ0) is 19.3. The maximum absolute atomic E-state index is 12.2.